The Balaban J connectivity index is 3.04. The highest BCUT2D eigenvalue weighted by molar-refractivity contribution is 9.10. The third-order valence-corrected chi connectivity index (χ3v) is 5.50. The van der Waals surface area contributed by atoms with Crippen LogP contribution in [0.1, 0.15) is 33.3 Å². The second kappa shape index (κ2) is 5.31. The van der Waals surface area contributed by atoms with E-state index in [1.165, 1.54) is 0 Å². The minimum Gasteiger partial charge on any atom is -0.208 e. The molecule has 1 unspecified atom stereocenters. The minimum absolute atomic E-state index is 0.114. The highest BCUT2D eigenvalue weighted by Crippen LogP contribution is 2.23. The molecule has 0 saturated heterocycles. The van der Waals surface area contributed by atoms with Crippen molar-refractivity contribution in [3.63, 3.8) is 0 Å². The summed E-state index contributed by atoms with van der Waals surface area (Å²) in [5, 5.41) is 0. The van der Waals surface area contributed by atoms with Gasteiger partial charge in [-0.05, 0) is 43.0 Å². The average Bonchev–Trinajstić information content (AvgIpc) is 2.19. The molecule has 1 aromatic carbocycles. The summed E-state index contributed by atoms with van der Waals surface area (Å²) in [6.07, 6.45) is 0. The van der Waals surface area contributed by atoms with Gasteiger partial charge in [0, 0.05) is 10.5 Å². The number of aryl methyl sites for hydroxylation is 1. The highest BCUT2D eigenvalue weighted by atomic mass is 79.9. The fourth-order valence-corrected chi connectivity index (χ4v) is 3.04. The van der Waals surface area contributed by atoms with Gasteiger partial charge >= 0.3 is 0 Å². The summed E-state index contributed by atoms with van der Waals surface area (Å²) in [5.41, 5.74) is 0.790. The quantitative estimate of drug-likeness (QED) is 0.920. The van der Waals surface area contributed by atoms with E-state index in [2.05, 4.69) is 20.7 Å². The summed E-state index contributed by atoms with van der Waals surface area (Å²) in [6.45, 7) is 9.77. The third kappa shape index (κ3) is 3.80. The van der Waals surface area contributed by atoms with Gasteiger partial charge in [-0.15, -0.1) is 0 Å². The lowest BCUT2D eigenvalue weighted by Crippen LogP contribution is -2.41. The number of benzene rings is 1. The van der Waals surface area contributed by atoms with Crippen LogP contribution in [0.5, 0.6) is 0 Å². The standard InChI is InChI=1S/C13H20BrNO2S/c1-9-8-11(6-7-12(9)14)18(16,17)15-10(2)13(3,4)5/h6-8,10,15H,1-5H3. The SMILES string of the molecule is Cc1cc(S(=O)(=O)NC(C)C(C)(C)C)ccc1Br. The van der Waals surface area contributed by atoms with E-state index >= 15 is 0 Å². The van der Waals surface area contributed by atoms with E-state index in [4.69, 9.17) is 0 Å². The summed E-state index contributed by atoms with van der Waals surface area (Å²) >= 11 is 3.36. The van der Waals surface area contributed by atoms with Crippen molar-refractivity contribution in [1.29, 1.82) is 0 Å². The van der Waals surface area contributed by atoms with Crippen LogP contribution < -0.4 is 4.72 Å². The molecule has 0 heterocycles. The van der Waals surface area contributed by atoms with Crippen LogP contribution in [-0.2, 0) is 10.0 Å². The van der Waals surface area contributed by atoms with Gasteiger partial charge in [0.1, 0.15) is 0 Å². The van der Waals surface area contributed by atoms with Crippen LogP contribution in [-0.4, -0.2) is 14.5 Å². The Morgan fingerprint density at radius 3 is 2.28 bits per heavy atom. The molecule has 0 amide bonds. The fraction of sp³-hybridized carbons (Fsp3) is 0.538. The molecule has 102 valence electrons. The van der Waals surface area contributed by atoms with Crippen molar-refractivity contribution in [3.8, 4) is 0 Å². The van der Waals surface area contributed by atoms with Gasteiger partial charge in [0.05, 0.1) is 4.90 Å². The molecular formula is C13H20BrNO2S. The van der Waals surface area contributed by atoms with Gasteiger partial charge in [-0.2, -0.15) is 0 Å². The summed E-state index contributed by atoms with van der Waals surface area (Å²) < 4.78 is 28.1. The van der Waals surface area contributed by atoms with Crippen molar-refractivity contribution in [2.45, 2.75) is 45.6 Å². The number of halogens is 1. The zero-order valence-electron chi connectivity index (χ0n) is 11.4. The van der Waals surface area contributed by atoms with Crippen LogP contribution in [0.15, 0.2) is 27.6 Å². The van der Waals surface area contributed by atoms with Crippen LogP contribution in [0, 0.1) is 12.3 Å². The van der Waals surface area contributed by atoms with Crippen molar-refractivity contribution in [2.75, 3.05) is 0 Å². The molecule has 1 atom stereocenters. The molecule has 1 rings (SSSR count). The molecule has 0 spiro atoms. The maximum atomic E-state index is 12.2. The smallest absolute Gasteiger partial charge is 0.208 e. The van der Waals surface area contributed by atoms with Crippen molar-refractivity contribution in [2.24, 2.45) is 5.41 Å². The third-order valence-electron chi connectivity index (χ3n) is 3.07. The van der Waals surface area contributed by atoms with Crippen LogP contribution in [0.4, 0.5) is 0 Å². The Morgan fingerprint density at radius 2 is 1.83 bits per heavy atom. The molecule has 1 N–H and O–H groups in total. The first-order valence-corrected chi connectivity index (χ1v) is 8.10. The summed E-state index contributed by atoms with van der Waals surface area (Å²) in [7, 11) is -3.45. The first-order valence-electron chi connectivity index (χ1n) is 5.82. The van der Waals surface area contributed by atoms with Gasteiger partial charge in [-0.1, -0.05) is 36.7 Å². The number of nitrogens with one attached hydrogen (secondary N) is 1. The van der Waals surface area contributed by atoms with E-state index in [9.17, 15) is 8.42 Å². The van der Waals surface area contributed by atoms with Gasteiger partial charge < -0.3 is 0 Å². The van der Waals surface area contributed by atoms with Crippen molar-refractivity contribution >= 4 is 26.0 Å². The van der Waals surface area contributed by atoms with Gasteiger partial charge in [-0.25, -0.2) is 13.1 Å². The predicted molar refractivity (Wildman–Crippen MR) is 78.1 cm³/mol. The first kappa shape index (κ1) is 15.7. The van der Waals surface area contributed by atoms with Crippen molar-refractivity contribution in [1.82, 2.24) is 4.72 Å². The molecule has 0 aliphatic rings. The molecule has 1 aromatic rings. The Hall–Kier alpha value is -0.390. The van der Waals surface area contributed by atoms with E-state index in [1.807, 2.05) is 34.6 Å². The first-order chi connectivity index (χ1) is 8.04. The van der Waals surface area contributed by atoms with Crippen LogP contribution >= 0.6 is 15.9 Å². The molecule has 0 radical (unpaired) electrons. The van der Waals surface area contributed by atoms with Crippen LogP contribution in [0.2, 0.25) is 0 Å². The summed E-state index contributed by atoms with van der Waals surface area (Å²) in [4.78, 5) is 0.305. The van der Waals surface area contributed by atoms with E-state index in [1.54, 1.807) is 18.2 Å². The van der Waals surface area contributed by atoms with Gasteiger partial charge in [0.2, 0.25) is 10.0 Å². The number of hydrogen-bond donors (Lipinski definition) is 1. The number of rotatable bonds is 3. The zero-order chi connectivity index (χ0) is 14.1. The minimum atomic E-state index is -3.45. The monoisotopic (exact) mass is 333 g/mol. The van der Waals surface area contributed by atoms with E-state index < -0.39 is 10.0 Å². The van der Waals surface area contributed by atoms with Crippen molar-refractivity contribution < 1.29 is 8.42 Å². The fourth-order valence-electron chi connectivity index (χ4n) is 1.26. The predicted octanol–water partition coefficient (Wildman–Crippen LogP) is 3.47. The van der Waals surface area contributed by atoms with Gasteiger partial charge in [0.25, 0.3) is 0 Å². The van der Waals surface area contributed by atoms with E-state index in [-0.39, 0.29) is 11.5 Å². The van der Waals surface area contributed by atoms with Gasteiger partial charge in [0.15, 0.2) is 0 Å². The molecule has 0 aliphatic carbocycles. The normalized spacial score (nSPS) is 14.6. The van der Waals surface area contributed by atoms with E-state index in [0.29, 0.717) is 4.90 Å². The lowest BCUT2D eigenvalue weighted by Gasteiger charge is -2.27. The highest BCUT2D eigenvalue weighted by Gasteiger charge is 2.26. The molecule has 5 heteroatoms. The molecule has 0 fully saturated rings. The average molecular weight is 334 g/mol. The Morgan fingerprint density at radius 1 is 1.28 bits per heavy atom. The Labute approximate surface area is 118 Å². The largest absolute Gasteiger partial charge is 0.240 e. The van der Waals surface area contributed by atoms with Crippen LogP contribution in [0.25, 0.3) is 0 Å². The molecule has 18 heavy (non-hydrogen) atoms. The summed E-state index contributed by atoms with van der Waals surface area (Å²) in [6, 6.07) is 4.90. The molecule has 0 saturated carbocycles. The summed E-state index contributed by atoms with van der Waals surface area (Å²) in [5.74, 6) is 0. The lowest BCUT2D eigenvalue weighted by atomic mass is 9.89. The number of sulfonamides is 1. The maximum Gasteiger partial charge on any atom is 0.240 e. The number of hydrogen-bond acceptors (Lipinski definition) is 2. The molecular weight excluding hydrogens is 314 g/mol. The zero-order valence-corrected chi connectivity index (χ0v) is 13.8. The molecule has 0 bridgehead atoms. The maximum absolute atomic E-state index is 12.2. The van der Waals surface area contributed by atoms with E-state index in [0.717, 1.165) is 10.0 Å². The van der Waals surface area contributed by atoms with Crippen LogP contribution in [0.3, 0.4) is 0 Å². The molecule has 3 nitrogen and oxygen atoms in total. The van der Waals surface area contributed by atoms with Gasteiger partial charge in [-0.3, -0.25) is 0 Å². The Kier molecular flexibility index (Phi) is 4.62. The lowest BCUT2D eigenvalue weighted by molar-refractivity contribution is 0.317. The van der Waals surface area contributed by atoms with Crippen molar-refractivity contribution in [3.05, 3.63) is 28.2 Å². The second-order valence-electron chi connectivity index (χ2n) is 5.62. The second-order valence-corrected chi connectivity index (χ2v) is 8.19. The molecule has 0 aliphatic heterocycles. The molecule has 0 aromatic heterocycles. The Bertz CT molecular complexity index is 532. The topological polar surface area (TPSA) is 46.2 Å².